The van der Waals surface area contributed by atoms with Crippen LogP contribution in [0.2, 0.25) is 0 Å². The molecule has 1 aromatic rings. The molecule has 6 nitrogen and oxygen atoms in total. The monoisotopic (exact) mass is 371 g/mol. The number of rotatable bonds is 3. The summed E-state index contributed by atoms with van der Waals surface area (Å²) >= 11 is 5.76. The minimum absolute atomic E-state index is 0.0643. The summed E-state index contributed by atoms with van der Waals surface area (Å²) in [6.45, 7) is 1.19. The molecule has 1 amide bonds. The summed E-state index contributed by atoms with van der Waals surface area (Å²) in [5.41, 5.74) is -0.142. The Kier molecular flexibility index (Phi) is 5.19. The van der Waals surface area contributed by atoms with Crippen LogP contribution in [0.1, 0.15) is 0 Å². The van der Waals surface area contributed by atoms with E-state index in [1.165, 1.54) is 8.72 Å². The molecule has 1 aliphatic heterocycles. The van der Waals surface area contributed by atoms with Crippen molar-refractivity contribution in [2.45, 2.75) is 11.1 Å². The van der Waals surface area contributed by atoms with Gasteiger partial charge in [-0.1, -0.05) is 0 Å². The van der Waals surface area contributed by atoms with Gasteiger partial charge >= 0.3 is 12.1 Å². The second-order valence-electron chi connectivity index (χ2n) is 4.79. The molecule has 1 saturated heterocycles. The predicted octanol–water partition coefficient (Wildman–Crippen LogP) is 1.65. The van der Waals surface area contributed by atoms with Crippen LogP contribution in [0.25, 0.3) is 0 Å². The maximum atomic E-state index is 12.4. The van der Waals surface area contributed by atoms with Crippen molar-refractivity contribution >= 4 is 33.4 Å². The summed E-state index contributed by atoms with van der Waals surface area (Å²) in [6, 6.07) is 4.51. The van der Waals surface area contributed by atoms with E-state index in [0.717, 1.165) is 24.3 Å². The molecule has 128 valence electrons. The number of benzene rings is 1. The molecule has 0 aromatic heterocycles. The van der Waals surface area contributed by atoms with Gasteiger partial charge in [0.25, 0.3) is 0 Å². The lowest BCUT2D eigenvalue weighted by Crippen LogP contribution is -2.45. The minimum Gasteiger partial charge on any atom is -0.318 e. The van der Waals surface area contributed by atoms with Gasteiger partial charge in [-0.2, -0.15) is 17.5 Å². The van der Waals surface area contributed by atoms with E-state index < -0.39 is 22.1 Å². The number of hydrogen-bond donors (Lipinski definition) is 1. The summed E-state index contributed by atoms with van der Waals surface area (Å²) < 4.78 is 63.9. The number of anilines is 1. The summed E-state index contributed by atoms with van der Waals surface area (Å²) in [4.78, 5) is 10.7. The minimum atomic E-state index is -5.01. The average molecular weight is 372 g/mol. The molecule has 23 heavy (non-hydrogen) atoms. The number of hydrogen-bond acceptors (Lipinski definition) is 4. The number of amides is 1. The Morgan fingerprint density at radius 3 is 2.09 bits per heavy atom. The van der Waals surface area contributed by atoms with Crippen LogP contribution in [0.15, 0.2) is 29.2 Å². The Morgan fingerprint density at radius 2 is 1.61 bits per heavy atom. The first kappa shape index (κ1) is 18.0. The third kappa shape index (κ3) is 4.34. The fourth-order valence-electron chi connectivity index (χ4n) is 1.97. The first-order valence-electron chi connectivity index (χ1n) is 6.50. The molecule has 2 rings (SSSR count). The van der Waals surface area contributed by atoms with Crippen molar-refractivity contribution in [1.82, 2.24) is 8.72 Å². The molecule has 0 unspecified atom stereocenters. The zero-order valence-electron chi connectivity index (χ0n) is 11.7. The molecular weight excluding hydrogens is 359 g/mol. The largest absolute Gasteiger partial charge is 0.471 e. The number of nitrogens with zero attached hydrogens (tertiary/aromatic N) is 2. The van der Waals surface area contributed by atoms with Gasteiger partial charge in [0.1, 0.15) is 0 Å². The van der Waals surface area contributed by atoms with E-state index in [0.29, 0.717) is 13.1 Å². The molecule has 1 heterocycles. The van der Waals surface area contributed by atoms with E-state index in [2.05, 4.69) is 0 Å². The van der Waals surface area contributed by atoms with Crippen molar-refractivity contribution in [2.24, 2.45) is 0 Å². The van der Waals surface area contributed by atoms with Gasteiger partial charge in [0.15, 0.2) is 0 Å². The molecule has 0 saturated carbocycles. The van der Waals surface area contributed by atoms with Gasteiger partial charge in [-0.25, -0.2) is 12.8 Å². The maximum absolute atomic E-state index is 12.4. The normalized spacial score (nSPS) is 17.9. The van der Waals surface area contributed by atoms with Crippen molar-refractivity contribution in [2.75, 3.05) is 31.5 Å². The molecule has 1 aromatic carbocycles. The van der Waals surface area contributed by atoms with E-state index in [9.17, 15) is 26.4 Å². The Morgan fingerprint density at radius 1 is 1.09 bits per heavy atom. The molecule has 0 aliphatic carbocycles. The average Bonchev–Trinajstić information content (AvgIpc) is 2.47. The molecule has 0 spiro atoms. The molecule has 1 aliphatic rings. The standard InChI is InChI=1S/C12H13ClF3N3O3S/c13-18-5-7-19(8-6-18)23(21,22)10-3-1-9(2-4-10)17-11(20)12(14,15)16/h1-4H,5-8H2,(H,17,20). The van der Waals surface area contributed by atoms with E-state index in [1.54, 1.807) is 5.32 Å². The van der Waals surface area contributed by atoms with Crippen molar-refractivity contribution < 1.29 is 26.4 Å². The Balaban J connectivity index is 2.11. The van der Waals surface area contributed by atoms with Crippen molar-refractivity contribution in [1.29, 1.82) is 0 Å². The van der Waals surface area contributed by atoms with Gasteiger partial charge in [-0.3, -0.25) is 4.79 Å². The highest BCUT2D eigenvalue weighted by molar-refractivity contribution is 7.89. The maximum Gasteiger partial charge on any atom is 0.471 e. The molecule has 1 fully saturated rings. The fraction of sp³-hybridized carbons (Fsp3) is 0.417. The summed E-state index contributed by atoms with van der Waals surface area (Å²) in [6.07, 6.45) is -5.01. The van der Waals surface area contributed by atoms with E-state index in [4.69, 9.17) is 11.8 Å². The Bertz CT molecular complexity index is 671. The highest BCUT2D eigenvalue weighted by Gasteiger charge is 2.38. The third-order valence-electron chi connectivity index (χ3n) is 3.19. The molecule has 1 N–H and O–H groups in total. The number of sulfonamides is 1. The first-order valence-corrected chi connectivity index (χ1v) is 8.27. The van der Waals surface area contributed by atoms with Gasteiger partial charge in [0.05, 0.1) is 4.90 Å². The molecule has 0 atom stereocenters. The summed E-state index contributed by atoms with van der Waals surface area (Å²) in [5.74, 6) is -2.12. The predicted molar refractivity (Wildman–Crippen MR) is 77.3 cm³/mol. The molecular formula is C12H13ClF3N3O3S. The lowest BCUT2D eigenvalue weighted by Gasteiger charge is -2.29. The van der Waals surface area contributed by atoms with E-state index >= 15 is 0 Å². The van der Waals surface area contributed by atoms with Crippen LogP contribution >= 0.6 is 11.8 Å². The second kappa shape index (κ2) is 6.63. The summed E-state index contributed by atoms with van der Waals surface area (Å²) in [7, 11) is -3.75. The van der Waals surface area contributed by atoms with E-state index in [-0.39, 0.29) is 23.7 Å². The molecule has 0 bridgehead atoms. The first-order chi connectivity index (χ1) is 10.6. The lowest BCUT2D eigenvalue weighted by atomic mass is 10.3. The van der Waals surface area contributed by atoms with Gasteiger partial charge in [0.2, 0.25) is 10.0 Å². The van der Waals surface area contributed by atoms with Crippen molar-refractivity contribution in [3.8, 4) is 0 Å². The number of nitrogens with one attached hydrogen (secondary N) is 1. The van der Waals surface area contributed by atoms with Gasteiger partial charge in [-0.05, 0) is 36.0 Å². The smallest absolute Gasteiger partial charge is 0.318 e. The van der Waals surface area contributed by atoms with Gasteiger partial charge in [0, 0.05) is 31.9 Å². The second-order valence-corrected chi connectivity index (χ2v) is 7.21. The lowest BCUT2D eigenvalue weighted by molar-refractivity contribution is -0.167. The van der Waals surface area contributed by atoms with Crippen LogP contribution in [0.5, 0.6) is 0 Å². The van der Waals surface area contributed by atoms with Crippen molar-refractivity contribution in [3.63, 3.8) is 0 Å². The Hall–Kier alpha value is -1.36. The van der Waals surface area contributed by atoms with Crippen LogP contribution < -0.4 is 5.32 Å². The SMILES string of the molecule is O=C(Nc1ccc(S(=O)(=O)N2CCN(Cl)CC2)cc1)C(F)(F)F. The highest BCUT2D eigenvalue weighted by atomic mass is 35.5. The molecule has 0 radical (unpaired) electrons. The number of carbonyl (C=O) groups is 1. The summed E-state index contributed by atoms with van der Waals surface area (Å²) in [5, 5.41) is 1.65. The highest BCUT2D eigenvalue weighted by Crippen LogP contribution is 2.22. The molecule has 11 heteroatoms. The van der Waals surface area contributed by atoms with Crippen LogP contribution in [0, 0.1) is 0 Å². The van der Waals surface area contributed by atoms with Crippen LogP contribution in [-0.2, 0) is 14.8 Å². The van der Waals surface area contributed by atoms with Gasteiger partial charge in [-0.15, -0.1) is 0 Å². The van der Waals surface area contributed by atoms with E-state index in [1.807, 2.05) is 0 Å². The fourth-order valence-corrected chi connectivity index (χ4v) is 3.54. The number of halogens is 4. The van der Waals surface area contributed by atoms with Gasteiger partial charge < -0.3 is 5.32 Å². The van der Waals surface area contributed by atoms with Crippen LogP contribution in [-0.4, -0.2) is 55.4 Å². The van der Waals surface area contributed by atoms with Crippen LogP contribution in [0.4, 0.5) is 18.9 Å². The zero-order chi connectivity index (χ0) is 17.3. The Labute approximate surface area is 136 Å². The third-order valence-corrected chi connectivity index (χ3v) is 5.44. The number of carbonyl (C=O) groups excluding carboxylic acids is 1. The topological polar surface area (TPSA) is 69.7 Å². The van der Waals surface area contributed by atoms with Crippen molar-refractivity contribution in [3.05, 3.63) is 24.3 Å². The quantitative estimate of drug-likeness (QED) is 0.820. The zero-order valence-corrected chi connectivity index (χ0v) is 13.2. The van der Waals surface area contributed by atoms with Crippen LogP contribution in [0.3, 0.4) is 0 Å². The number of piperazine rings is 1. The number of alkyl halides is 3.